The Labute approximate surface area is 118 Å². The van der Waals surface area contributed by atoms with Gasteiger partial charge < -0.3 is 5.32 Å². The predicted octanol–water partition coefficient (Wildman–Crippen LogP) is 3.44. The van der Waals surface area contributed by atoms with Gasteiger partial charge in [0.05, 0.1) is 4.92 Å². The Morgan fingerprint density at radius 3 is 2.95 bits per heavy atom. The monoisotopic (exact) mass is 280 g/mol. The van der Waals surface area contributed by atoms with Crippen LogP contribution in [0.1, 0.15) is 38.2 Å². The number of rotatable bonds is 6. The molecule has 2 rings (SSSR count). The predicted molar refractivity (Wildman–Crippen MR) is 76.2 cm³/mol. The maximum absolute atomic E-state index is 14.1. The van der Waals surface area contributed by atoms with Crippen LogP contribution in [0.15, 0.2) is 18.2 Å². The van der Waals surface area contributed by atoms with E-state index in [1.54, 1.807) is 12.1 Å². The number of nitro benzene ring substituents is 1. The molecule has 1 aromatic rings. The molecule has 1 aliphatic rings. The highest BCUT2D eigenvalue weighted by Gasteiger charge is 2.28. The second-order valence-electron chi connectivity index (χ2n) is 5.46. The molecule has 2 unspecified atom stereocenters. The van der Waals surface area contributed by atoms with Gasteiger partial charge in [0.15, 0.2) is 0 Å². The van der Waals surface area contributed by atoms with Gasteiger partial charge in [0.1, 0.15) is 0 Å². The van der Waals surface area contributed by atoms with Crippen molar-refractivity contribution in [1.82, 2.24) is 5.32 Å². The quantitative estimate of drug-likeness (QED) is 0.641. The molecular weight excluding hydrogens is 259 g/mol. The number of nitro groups is 1. The van der Waals surface area contributed by atoms with E-state index in [1.807, 2.05) is 0 Å². The lowest BCUT2D eigenvalue weighted by atomic mass is 9.94. The van der Waals surface area contributed by atoms with Gasteiger partial charge >= 0.3 is 5.69 Å². The van der Waals surface area contributed by atoms with E-state index >= 15 is 0 Å². The molecule has 2 atom stereocenters. The van der Waals surface area contributed by atoms with Crippen molar-refractivity contribution < 1.29 is 9.31 Å². The van der Waals surface area contributed by atoms with E-state index < -0.39 is 16.4 Å². The van der Waals surface area contributed by atoms with Crippen LogP contribution in [0.2, 0.25) is 0 Å². The first-order chi connectivity index (χ1) is 9.63. The molecule has 0 saturated heterocycles. The van der Waals surface area contributed by atoms with Crippen LogP contribution >= 0.6 is 0 Å². The summed E-state index contributed by atoms with van der Waals surface area (Å²) in [6, 6.07) is 4.87. The van der Waals surface area contributed by atoms with Crippen LogP contribution in [0.25, 0.3) is 0 Å². The Bertz CT molecular complexity index is 479. The fourth-order valence-electron chi connectivity index (χ4n) is 3.03. The van der Waals surface area contributed by atoms with Gasteiger partial charge in [0.2, 0.25) is 5.82 Å². The Morgan fingerprint density at radius 1 is 1.45 bits per heavy atom. The number of benzene rings is 1. The smallest absolute Gasteiger partial charge is 0.305 e. The highest BCUT2D eigenvalue weighted by molar-refractivity contribution is 5.37. The summed E-state index contributed by atoms with van der Waals surface area (Å²) >= 11 is 0. The molecule has 0 spiro atoms. The molecule has 1 N–H and O–H groups in total. The summed E-state index contributed by atoms with van der Waals surface area (Å²) in [5, 5.41) is 14.3. The molecule has 1 fully saturated rings. The number of hydrogen-bond acceptors (Lipinski definition) is 3. The second-order valence-corrected chi connectivity index (χ2v) is 5.46. The van der Waals surface area contributed by atoms with Gasteiger partial charge in [-0.2, -0.15) is 4.39 Å². The topological polar surface area (TPSA) is 55.2 Å². The van der Waals surface area contributed by atoms with Crippen molar-refractivity contribution in [2.45, 2.75) is 45.1 Å². The molecule has 0 aliphatic heterocycles. The van der Waals surface area contributed by atoms with E-state index in [4.69, 9.17) is 0 Å². The Kier molecular flexibility index (Phi) is 5.06. The molecule has 4 nitrogen and oxygen atoms in total. The van der Waals surface area contributed by atoms with E-state index in [1.165, 1.54) is 6.07 Å². The summed E-state index contributed by atoms with van der Waals surface area (Å²) in [7, 11) is 0. The maximum Gasteiger partial charge on any atom is 0.305 e. The lowest BCUT2D eigenvalue weighted by Gasteiger charge is -2.21. The number of hydrogen-bond donors (Lipinski definition) is 1. The van der Waals surface area contributed by atoms with Crippen LogP contribution in [0.5, 0.6) is 0 Å². The van der Waals surface area contributed by atoms with Crippen molar-refractivity contribution in [3.05, 3.63) is 39.7 Å². The van der Waals surface area contributed by atoms with E-state index in [9.17, 15) is 14.5 Å². The number of halogens is 1. The zero-order chi connectivity index (χ0) is 14.5. The summed E-state index contributed by atoms with van der Waals surface area (Å²) < 4.78 is 14.1. The first-order valence-corrected chi connectivity index (χ1v) is 7.28. The molecular formula is C15H21FN2O2. The summed E-state index contributed by atoms with van der Waals surface area (Å²) in [5.41, 5.74) is 0.0490. The second kappa shape index (κ2) is 6.79. The first-order valence-electron chi connectivity index (χ1n) is 7.28. The Morgan fingerprint density at radius 2 is 2.25 bits per heavy atom. The minimum Gasteiger partial charge on any atom is -0.314 e. The highest BCUT2D eigenvalue weighted by Crippen LogP contribution is 2.31. The van der Waals surface area contributed by atoms with Gasteiger partial charge in [0, 0.05) is 12.1 Å². The number of nitrogens with one attached hydrogen (secondary N) is 1. The Balaban J connectivity index is 2.09. The Hall–Kier alpha value is -1.49. The molecule has 1 aromatic carbocycles. The number of nitrogens with zero attached hydrogens (tertiary/aromatic N) is 1. The van der Waals surface area contributed by atoms with Crippen molar-refractivity contribution in [3.8, 4) is 0 Å². The first kappa shape index (κ1) is 14.9. The van der Waals surface area contributed by atoms with Crippen molar-refractivity contribution in [2.75, 3.05) is 6.54 Å². The molecule has 1 saturated carbocycles. The average Bonchev–Trinajstić information content (AvgIpc) is 2.85. The van der Waals surface area contributed by atoms with Crippen molar-refractivity contribution in [1.29, 1.82) is 0 Å². The molecule has 1 aliphatic carbocycles. The van der Waals surface area contributed by atoms with Crippen LogP contribution in [0.3, 0.4) is 0 Å². The van der Waals surface area contributed by atoms with Gasteiger partial charge in [-0.3, -0.25) is 10.1 Å². The van der Waals surface area contributed by atoms with Crippen LogP contribution in [0, 0.1) is 21.8 Å². The molecule has 0 bridgehead atoms. The molecule has 20 heavy (non-hydrogen) atoms. The van der Waals surface area contributed by atoms with Gasteiger partial charge in [-0.05, 0) is 43.7 Å². The average molecular weight is 280 g/mol. The molecule has 5 heteroatoms. The molecule has 0 aromatic heterocycles. The van der Waals surface area contributed by atoms with E-state index in [-0.39, 0.29) is 0 Å². The zero-order valence-corrected chi connectivity index (χ0v) is 11.8. The standard InChI is InChI=1S/C15H21FN2O2/c1-2-9-17-13-7-3-5-11(13)10-12-6-4-8-14(15(12)16)18(19)20/h4,6,8,11,13,17H,2-3,5,7,9-10H2,1H3. The summed E-state index contributed by atoms with van der Waals surface area (Å²) in [4.78, 5) is 10.1. The van der Waals surface area contributed by atoms with Crippen molar-refractivity contribution in [3.63, 3.8) is 0 Å². The van der Waals surface area contributed by atoms with E-state index in [2.05, 4.69) is 12.2 Å². The molecule has 110 valence electrons. The maximum atomic E-state index is 14.1. The summed E-state index contributed by atoms with van der Waals surface area (Å²) in [6.45, 7) is 3.09. The van der Waals surface area contributed by atoms with Crippen LogP contribution in [-0.4, -0.2) is 17.5 Å². The van der Waals surface area contributed by atoms with E-state index in [0.29, 0.717) is 23.9 Å². The fraction of sp³-hybridized carbons (Fsp3) is 0.600. The van der Waals surface area contributed by atoms with Crippen LogP contribution < -0.4 is 5.32 Å². The van der Waals surface area contributed by atoms with Crippen molar-refractivity contribution >= 4 is 5.69 Å². The summed E-state index contributed by atoms with van der Waals surface area (Å²) in [6.07, 6.45) is 4.97. The van der Waals surface area contributed by atoms with Crippen LogP contribution in [-0.2, 0) is 6.42 Å². The molecule has 0 heterocycles. The van der Waals surface area contributed by atoms with Gasteiger partial charge in [0.25, 0.3) is 0 Å². The summed E-state index contributed by atoms with van der Waals surface area (Å²) in [5.74, 6) is -0.295. The van der Waals surface area contributed by atoms with Gasteiger partial charge in [-0.25, -0.2) is 0 Å². The molecule has 0 radical (unpaired) electrons. The third-order valence-corrected chi connectivity index (χ3v) is 4.05. The third kappa shape index (κ3) is 3.33. The fourth-order valence-corrected chi connectivity index (χ4v) is 3.03. The SMILES string of the molecule is CCCNC1CCCC1Cc1cccc([N+](=O)[O-])c1F. The third-order valence-electron chi connectivity index (χ3n) is 4.05. The minimum absolute atomic E-state index is 0.373. The highest BCUT2D eigenvalue weighted by atomic mass is 19.1. The largest absolute Gasteiger partial charge is 0.314 e. The minimum atomic E-state index is -0.668. The molecule has 0 amide bonds. The van der Waals surface area contributed by atoms with Gasteiger partial charge in [-0.15, -0.1) is 0 Å². The van der Waals surface area contributed by atoms with E-state index in [0.717, 1.165) is 32.2 Å². The van der Waals surface area contributed by atoms with Crippen LogP contribution in [0.4, 0.5) is 10.1 Å². The van der Waals surface area contributed by atoms with Crippen molar-refractivity contribution in [2.24, 2.45) is 5.92 Å². The normalized spacial score (nSPS) is 22.1. The lowest BCUT2D eigenvalue weighted by Crippen LogP contribution is -2.34. The zero-order valence-electron chi connectivity index (χ0n) is 11.8. The van der Waals surface area contributed by atoms with Gasteiger partial charge in [-0.1, -0.05) is 25.5 Å². The lowest BCUT2D eigenvalue weighted by molar-refractivity contribution is -0.387.